The number of hydrogen-bond donors (Lipinski definition) is 3. The number of anilines is 3. The molecular formula is C15H16BrN7. The average molecular weight is 374 g/mol. The summed E-state index contributed by atoms with van der Waals surface area (Å²) in [7, 11) is 0. The molecule has 3 rings (SSSR count). The number of aromatic nitrogens is 5. The highest BCUT2D eigenvalue weighted by molar-refractivity contribution is 9.10. The van der Waals surface area contributed by atoms with Gasteiger partial charge in [-0.05, 0) is 41.9 Å². The van der Waals surface area contributed by atoms with Crippen molar-refractivity contribution in [3.05, 3.63) is 52.5 Å². The Morgan fingerprint density at radius 1 is 1.26 bits per heavy atom. The molecule has 0 spiro atoms. The van der Waals surface area contributed by atoms with Crippen LogP contribution in [0.2, 0.25) is 0 Å². The molecule has 0 fully saturated rings. The molecule has 0 aromatic carbocycles. The molecule has 0 aliphatic carbocycles. The molecule has 0 aliphatic rings. The van der Waals surface area contributed by atoms with Gasteiger partial charge in [0.1, 0.15) is 0 Å². The van der Waals surface area contributed by atoms with E-state index in [2.05, 4.69) is 51.7 Å². The Morgan fingerprint density at radius 3 is 2.83 bits per heavy atom. The highest BCUT2D eigenvalue weighted by Gasteiger charge is 2.11. The average Bonchev–Trinajstić information content (AvgIpc) is 2.96. The second-order valence-electron chi connectivity index (χ2n) is 5.07. The number of rotatable bonds is 5. The monoisotopic (exact) mass is 373 g/mol. The molecule has 0 saturated heterocycles. The molecule has 0 amide bonds. The summed E-state index contributed by atoms with van der Waals surface area (Å²) in [6.07, 6.45) is 3.46. The number of nitrogens with zero attached hydrogens (tertiary/aromatic N) is 4. The van der Waals surface area contributed by atoms with Crippen molar-refractivity contribution in [1.29, 1.82) is 0 Å². The van der Waals surface area contributed by atoms with Crippen molar-refractivity contribution in [2.75, 3.05) is 10.6 Å². The molecule has 3 aromatic rings. The molecular weight excluding hydrogens is 358 g/mol. The van der Waals surface area contributed by atoms with E-state index in [0.29, 0.717) is 17.6 Å². The fourth-order valence-electron chi connectivity index (χ4n) is 2.03. The lowest BCUT2D eigenvalue weighted by atomic mass is 10.2. The summed E-state index contributed by atoms with van der Waals surface area (Å²) in [5.41, 5.74) is 1.90. The van der Waals surface area contributed by atoms with E-state index in [0.717, 1.165) is 15.9 Å². The largest absolute Gasteiger partial charge is 0.346 e. The normalized spacial score (nSPS) is 12.0. The standard InChI is InChI=1S/C15H16BrN7/c1-9-7-13(23-22-9)20-14-11(16)8-18-15(21-14)19-10(2)12-5-3-4-6-17-12/h3-8,10H,1-2H3,(H3,18,19,20,21,22,23). The number of aryl methyl sites for hydroxylation is 1. The Bertz CT molecular complexity index is 788. The molecule has 1 atom stereocenters. The molecule has 0 aliphatic heterocycles. The highest BCUT2D eigenvalue weighted by atomic mass is 79.9. The lowest BCUT2D eigenvalue weighted by molar-refractivity contribution is 0.821. The van der Waals surface area contributed by atoms with E-state index in [-0.39, 0.29) is 6.04 Å². The minimum atomic E-state index is -0.00199. The summed E-state index contributed by atoms with van der Waals surface area (Å²) < 4.78 is 0.759. The lowest BCUT2D eigenvalue weighted by Crippen LogP contribution is -2.11. The number of pyridine rings is 1. The zero-order valence-corrected chi connectivity index (χ0v) is 14.3. The van der Waals surface area contributed by atoms with Crippen molar-refractivity contribution in [2.45, 2.75) is 19.9 Å². The minimum Gasteiger partial charge on any atom is -0.346 e. The van der Waals surface area contributed by atoms with Gasteiger partial charge in [-0.1, -0.05) is 6.07 Å². The molecule has 7 nitrogen and oxygen atoms in total. The predicted octanol–water partition coefficient (Wildman–Crippen LogP) is 3.58. The van der Waals surface area contributed by atoms with E-state index in [1.807, 2.05) is 38.1 Å². The molecule has 3 heterocycles. The number of H-pyrrole nitrogens is 1. The van der Waals surface area contributed by atoms with Crippen LogP contribution in [0.5, 0.6) is 0 Å². The van der Waals surface area contributed by atoms with Gasteiger partial charge in [0.15, 0.2) is 11.6 Å². The van der Waals surface area contributed by atoms with Gasteiger partial charge in [-0.15, -0.1) is 0 Å². The summed E-state index contributed by atoms with van der Waals surface area (Å²) in [5, 5.41) is 13.4. The van der Waals surface area contributed by atoms with Gasteiger partial charge in [0.05, 0.1) is 16.2 Å². The molecule has 1 unspecified atom stereocenters. The summed E-state index contributed by atoms with van der Waals surface area (Å²) in [6, 6.07) is 7.70. The Hall–Kier alpha value is -2.48. The van der Waals surface area contributed by atoms with Crippen molar-refractivity contribution in [3.63, 3.8) is 0 Å². The zero-order chi connectivity index (χ0) is 16.2. The van der Waals surface area contributed by atoms with Crippen LogP contribution < -0.4 is 10.6 Å². The van der Waals surface area contributed by atoms with E-state index in [9.17, 15) is 0 Å². The van der Waals surface area contributed by atoms with E-state index in [4.69, 9.17) is 0 Å². The first-order valence-corrected chi connectivity index (χ1v) is 7.90. The van der Waals surface area contributed by atoms with Gasteiger partial charge >= 0.3 is 0 Å². The molecule has 3 N–H and O–H groups in total. The number of nitrogens with one attached hydrogen (secondary N) is 3. The van der Waals surface area contributed by atoms with Crippen LogP contribution in [0.4, 0.5) is 17.6 Å². The summed E-state index contributed by atoms with van der Waals surface area (Å²) >= 11 is 3.44. The number of halogens is 1. The summed E-state index contributed by atoms with van der Waals surface area (Å²) in [6.45, 7) is 3.95. The third-order valence-corrected chi connectivity index (χ3v) is 3.75. The Balaban J connectivity index is 1.77. The Morgan fingerprint density at radius 2 is 2.13 bits per heavy atom. The summed E-state index contributed by atoms with van der Waals surface area (Å²) in [5.74, 6) is 1.86. The third kappa shape index (κ3) is 3.84. The van der Waals surface area contributed by atoms with Crippen LogP contribution in [-0.2, 0) is 0 Å². The number of hydrogen-bond acceptors (Lipinski definition) is 6. The maximum absolute atomic E-state index is 4.48. The fourth-order valence-corrected chi connectivity index (χ4v) is 2.32. The first-order chi connectivity index (χ1) is 11.1. The van der Waals surface area contributed by atoms with E-state index >= 15 is 0 Å². The maximum atomic E-state index is 4.48. The lowest BCUT2D eigenvalue weighted by Gasteiger charge is -2.14. The van der Waals surface area contributed by atoms with Crippen LogP contribution >= 0.6 is 15.9 Å². The molecule has 23 heavy (non-hydrogen) atoms. The van der Waals surface area contributed by atoms with E-state index in [1.54, 1.807) is 12.4 Å². The van der Waals surface area contributed by atoms with Crippen LogP contribution in [0.25, 0.3) is 0 Å². The van der Waals surface area contributed by atoms with Gasteiger partial charge in [0.25, 0.3) is 0 Å². The molecule has 3 aromatic heterocycles. The predicted molar refractivity (Wildman–Crippen MR) is 92.6 cm³/mol. The third-order valence-electron chi connectivity index (χ3n) is 3.17. The van der Waals surface area contributed by atoms with Crippen molar-refractivity contribution in [3.8, 4) is 0 Å². The number of aromatic amines is 1. The second kappa shape index (κ2) is 6.74. The zero-order valence-electron chi connectivity index (χ0n) is 12.7. The molecule has 118 valence electrons. The first-order valence-electron chi connectivity index (χ1n) is 7.11. The van der Waals surface area contributed by atoms with Crippen molar-refractivity contribution in [2.24, 2.45) is 0 Å². The van der Waals surface area contributed by atoms with E-state index in [1.165, 1.54) is 0 Å². The molecule has 0 saturated carbocycles. The van der Waals surface area contributed by atoms with Gasteiger partial charge in [-0.2, -0.15) is 10.1 Å². The van der Waals surface area contributed by atoms with Gasteiger partial charge in [0.2, 0.25) is 5.95 Å². The maximum Gasteiger partial charge on any atom is 0.225 e. The van der Waals surface area contributed by atoms with Crippen LogP contribution in [0.15, 0.2) is 41.1 Å². The van der Waals surface area contributed by atoms with Crippen LogP contribution in [-0.4, -0.2) is 25.1 Å². The second-order valence-corrected chi connectivity index (χ2v) is 5.93. The van der Waals surface area contributed by atoms with Gasteiger partial charge in [-0.25, -0.2) is 4.98 Å². The first kappa shape index (κ1) is 15.4. The Labute approximate surface area is 142 Å². The fraction of sp³-hybridized carbons (Fsp3) is 0.200. The van der Waals surface area contributed by atoms with E-state index < -0.39 is 0 Å². The molecule has 0 bridgehead atoms. The Kier molecular flexibility index (Phi) is 4.52. The van der Waals surface area contributed by atoms with Gasteiger partial charge in [0, 0.05) is 24.2 Å². The highest BCUT2D eigenvalue weighted by Crippen LogP contribution is 2.24. The topological polar surface area (TPSA) is 91.4 Å². The van der Waals surface area contributed by atoms with Crippen molar-refractivity contribution in [1.82, 2.24) is 25.1 Å². The van der Waals surface area contributed by atoms with Crippen molar-refractivity contribution >= 4 is 33.5 Å². The van der Waals surface area contributed by atoms with Crippen LogP contribution in [0.1, 0.15) is 24.4 Å². The SMILES string of the molecule is Cc1cc(Nc2nc(NC(C)c3ccccn3)ncc2Br)n[nH]1. The smallest absolute Gasteiger partial charge is 0.225 e. The van der Waals surface area contributed by atoms with Crippen LogP contribution in [0.3, 0.4) is 0 Å². The van der Waals surface area contributed by atoms with Gasteiger partial charge in [-0.3, -0.25) is 10.1 Å². The summed E-state index contributed by atoms with van der Waals surface area (Å²) in [4.78, 5) is 13.1. The van der Waals surface area contributed by atoms with Gasteiger partial charge < -0.3 is 10.6 Å². The van der Waals surface area contributed by atoms with Crippen LogP contribution in [0, 0.1) is 6.92 Å². The quantitative estimate of drug-likeness (QED) is 0.632. The minimum absolute atomic E-state index is 0.00199. The molecule has 0 radical (unpaired) electrons. The van der Waals surface area contributed by atoms with Crippen molar-refractivity contribution < 1.29 is 0 Å². The molecule has 8 heteroatoms.